The third kappa shape index (κ3) is 2.27. The number of amides is 2. The third-order valence-electron chi connectivity index (χ3n) is 2.09. The predicted molar refractivity (Wildman–Crippen MR) is 60.3 cm³/mol. The Morgan fingerprint density at radius 1 is 1.50 bits per heavy atom. The largest absolute Gasteiger partial charge is 0.435 e. The molecular weight excluding hydrogens is 228 g/mol. The highest BCUT2D eigenvalue weighted by Crippen LogP contribution is 2.30. The van der Waals surface area contributed by atoms with Crippen LogP contribution in [0.4, 0.5) is 10.5 Å². The zero-order valence-electron chi connectivity index (χ0n) is 8.30. The van der Waals surface area contributed by atoms with E-state index >= 15 is 0 Å². The molecular formula is C10H10N2O3S. The van der Waals surface area contributed by atoms with Crippen LogP contribution in [0.25, 0.3) is 0 Å². The number of ether oxygens (including phenoxy) is 1. The van der Waals surface area contributed by atoms with Crippen LogP contribution in [-0.4, -0.2) is 23.9 Å². The van der Waals surface area contributed by atoms with Crippen molar-refractivity contribution in [3.8, 4) is 0 Å². The number of thioether (sulfide) groups is 1. The molecule has 1 aromatic carbocycles. The lowest BCUT2D eigenvalue weighted by atomic mass is 10.3. The summed E-state index contributed by atoms with van der Waals surface area (Å²) in [5, 5.41) is 2.69. The Morgan fingerprint density at radius 3 is 3.00 bits per heavy atom. The summed E-state index contributed by atoms with van der Waals surface area (Å²) in [6.07, 6.45) is -1.78. The summed E-state index contributed by atoms with van der Waals surface area (Å²) in [5.41, 5.74) is 5.62. The molecule has 1 aliphatic heterocycles. The van der Waals surface area contributed by atoms with Crippen LogP contribution >= 0.6 is 11.8 Å². The lowest BCUT2D eigenvalue weighted by Gasteiger charge is -2.11. The van der Waals surface area contributed by atoms with E-state index in [0.29, 0.717) is 5.75 Å². The van der Waals surface area contributed by atoms with Gasteiger partial charge < -0.3 is 15.8 Å². The monoisotopic (exact) mass is 238 g/mol. The van der Waals surface area contributed by atoms with Crippen LogP contribution in [0.2, 0.25) is 0 Å². The fourth-order valence-corrected chi connectivity index (χ4v) is 2.38. The molecule has 2 amide bonds. The van der Waals surface area contributed by atoms with Crippen molar-refractivity contribution in [1.29, 1.82) is 0 Å². The minimum Gasteiger partial charge on any atom is -0.435 e. The molecule has 1 aromatic rings. The first-order chi connectivity index (χ1) is 7.66. The molecule has 0 saturated heterocycles. The number of anilines is 1. The molecule has 1 unspecified atom stereocenters. The van der Waals surface area contributed by atoms with Gasteiger partial charge in [-0.1, -0.05) is 12.1 Å². The fourth-order valence-electron chi connectivity index (χ4n) is 1.38. The van der Waals surface area contributed by atoms with E-state index in [4.69, 9.17) is 10.5 Å². The smallest absolute Gasteiger partial charge is 0.405 e. The van der Waals surface area contributed by atoms with E-state index in [-0.39, 0.29) is 5.91 Å². The second-order valence-electron chi connectivity index (χ2n) is 3.22. The summed E-state index contributed by atoms with van der Waals surface area (Å²) in [6, 6.07) is 7.40. The summed E-state index contributed by atoms with van der Waals surface area (Å²) >= 11 is 1.45. The quantitative estimate of drug-likeness (QED) is 0.770. The number of nitrogens with two attached hydrogens (primary N) is 1. The van der Waals surface area contributed by atoms with Gasteiger partial charge in [-0.25, -0.2) is 4.79 Å². The molecule has 1 aliphatic rings. The van der Waals surface area contributed by atoms with Crippen molar-refractivity contribution < 1.29 is 14.3 Å². The lowest BCUT2D eigenvalue weighted by Crippen LogP contribution is -2.35. The van der Waals surface area contributed by atoms with Crippen LogP contribution in [0.5, 0.6) is 0 Å². The number of carbonyl (C=O) groups is 2. The molecule has 5 nitrogen and oxygen atoms in total. The van der Waals surface area contributed by atoms with Gasteiger partial charge in [-0.15, -0.1) is 11.8 Å². The van der Waals surface area contributed by atoms with Gasteiger partial charge in [0, 0.05) is 10.6 Å². The van der Waals surface area contributed by atoms with Gasteiger partial charge in [0.25, 0.3) is 5.91 Å². The Hall–Kier alpha value is -1.69. The summed E-state index contributed by atoms with van der Waals surface area (Å²) < 4.78 is 4.72. The molecule has 6 heteroatoms. The van der Waals surface area contributed by atoms with Crippen molar-refractivity contribution in [3.05, 3.63) is 24.3 Å². The second kappa shape index (κ2) is 4.44. The van der Waals surface area contributed by atoms with E-state index in [2.05, 4.69) is 5.32 Å². The van der Waals surface area contributed by atoms with Gasteiger partial charge in [0.15, 0.2) is 6.10 Å². The van der Waals surface area contributed by atoms with Crippen LogP contribution in [-0.2, 0) is 9.53 Å². The molecule has 0 saturated carbocycles. The molecule has 3 N–H and O–H groups in total. The van der Waals surface area contributed by atoms with Gasteiger partial charge in [-0.05, 0) is 12.1 Å². The Balaban J connectivity index is 2.18. The molecule has 0 aromatic heterocycles. The molecule has 84 valence electrons. The average Bonchev–Trinajstić information content (AvgIpc) is 2.39. The third-order valence-corrected chi connectivity index (χ3v) is 3.22. The zero-order chi connectivity index (χ0) is 11.5. The van der Waals surface area contributed by atoms with Crippen molar-refractivity contribution in [2.75, 3.05) is 11.1 Å². The summed E-state index contributed by atoms with van der Waals surface area (Å²) in [5.74, 6) is 0.0162. The first-order valence-electron chi connectivity index (χ1n) is 4.65. The summed E-state index contributed by atoms with van der Waals surface area (Å²) in [4.78, 5) is 23.2. The van der Waals surface area contributed by atoms with E-state index in [1.165, 1.54) is 11.8 Å². The minimum absolute atomic E-state index is 0.351. The van der Waals surface area contributed by atoms with Gasteiger partial charge in [0.2, 0.25) is 0 Å². The van der Waals surface area contributed by atoms with Crippen molar-refractivity contribution in [1.82, 2.24) is 0 Å². The van der Waals surface area contributed by atoms with Crippen LogP contribution in [0.3, 0.4) is 0 Å². The molecule has 0 aliphatic carbocycles. The van der Waals surface area contributed by atoms with E-state index in [1.54, 1.807) is 6.07 Å². The highest BCUT2D eigenvalue weighted by molar-refractivity contribution is 7.99. The number of nitrogens with one attached hydrogen (secondary N) is 1. The van der Waals surface area contributed by atoms with E-state index in [0.717, 1.165) is 10.6 Å². The first-order valence-corrected chi connectivity index (χ1v) is 5.64. The molecule has 1 heterocycles. The highest BCUT2D eigenvalue weighted by atomic mass is 32.2. The van der Waals surface area contributed by atoms with Crippen molar-refractivity contribution in [2.24, 2.45) is 5.73 Å². The number of benzene rings is 1. The first kappa shape index (κ1) is 10.8. The molecule has 0 radical (unpaired) electrons. The number of primary amides is 1. The Labute approximate surface area is 96.3 Å². The van der Waals surface area contributed by atoms with Gasteiger partial charge in [0.1, 0.15) is 0 Å². The van der Waals surface area contributed by atoms with E-state index in [1.807, 2.05) is 18.2 Å². The number of para-hydroxylation sites is 1. The lowest BCUT2D eigenvalue weighted by molar-refractivity contribution is -0.123. The maximum atomic E-state index is 11.7. The topological polar surface area (TPSA) is 81.4 Å². The average molecular weight is 238 g/mol. The van der Waals surface area contributed by atoms with Gasteiger partial charge >= 0.3 is 6.09 Å². The molecule has 1 atom stereocenters. The second-order valence-corrected chi connectivity index (χ2v) is 4.28. The molecule has 16 heavy (non-hydrogen) atoms. The SMILES string of the molecule is NC(=O)OC1CSc2ccccc2NC1=O. The summed E-state index contributed by atoms with van der Waals surface area (Å²) in [6.45, 7) is 0. The standard InChI is InChI=1S/C10H10N2O3S/c11-10(14)15-7-5-16-8-4-2-1-3-6(8)12-9(7)13/h1-4,7H,5H2,(H2,11,14)(H,12,13). The number of rotatable bonds is 1. The summed E-state index contributed by atoms with van der Waals surface area (Å²) in [7, 11) is 0. The zero-order valence-corrected chi connectivity index (χ0v) is 9.12. The van der Waals surface area contributed by atoms with Crippen molar-refractivity contribution in [2.45, 2.75) is 11.0 Å². The molecule has 0 bridgehead atoms. The van der Waals surface area contributed by atoms with Crippen LogP contribution in [0.1, 0.15) is 0 Å². The normalized spacial score (nSPS) is 19.2. The van der Waals surface area contributed by atoms with Crippen LogP contribution in [0, 0.1) is 0 Å². The Bertz CT molecular complexity index is 436. The Kier molecular flexibility index (Phi) is 3.00. The van der Waals surface area contributed by atoms with E-state index < -0.39 is 12.2 Å². The molecule has 2 rings (SSSR count). The van der Waals surface area contributed by atoms with Crippen LogP contribution in [0.15, 0.2) is 29.2 Å². The van der Waals surface area contributed by atoms with Gasteiger partial charge in [-0.3, -0.25) is 4.79 Å². The maximum absolute atomic E-state index is 11.7. The number of hydrogen-bond acceptors (Lipinski definition) is 4. The number of hydrogen-bond donors (Lipinski definition) is 2. The number of fused-ring (bicyclic) bond motifs is 1. The maximum Gasteiger partial charge on any atom is 0.405 e. The molecule has 0 fully saturated rings. The predicted octanol–water partition coefficient (Wildman–Crippen LogP) is 1.19. The van der Waals surface area contributed by atoms with Gasteiger partial charge in [-0.2, -0.15) is 0 Å². The van der Waals surface area contributed by atoms with E-state index in [9.17, 15) is 9.59 Å². The van der Waals surface area contributed by atoms with Gasteiger partial charge in [0.05, 0.1) is 5.69 Å². The van der Waals surface area contributed by atoms with Crippen molar-refractivity contribution >= 4 is 29.4 Å². The van der Waals surface area contributed by atoms with Crippen molar-refractivity contribution in [3.63, 3.8) is 0 Å². The highest BCUT2D eigenvalue weighted by Gasteiger charge is 2.26. The Morgan fingerprint density at radius 2 is 2.25 bits per heavy atom. The minimum atomic E-state index is -0.938. The fraction of sp³-hybridized carbons (Fsp3) is 0.200. The molecule has 0 spiro atoms. The van der Waals surface area contributed by atoms with Crippen LogP contribution < -0.4 is 11.1 Å². The number of carbonyl (C=O) groups excluding carboxylic acids is 2.